The summed E-state index contributed by atoms with van der Waals surface area (Å²) in [5.41, 5.74) is 0.633. The highest BCUT2D eigenvalue weighted by Crippen LogP contribution is 2.23. The zero-order valence-electron chi connectivity index (χ0n) is 12.5. The third-order valence-corrected chi connectivity index (χ3v) is 3.74. The molecule has 0 aliphatic carbocycles. The first kappa shape index (κ1) is 17.9. The molecule has 0 heterocycles. The van der Waals surface area contributed by atoms with Crippen LogP contribution in [0.4, 0.5) is 5.69 Å². The van der Waals surface area contributed by atoms with Crippen molar-refractivity contribution in [2.24, 2.45) is 0 Å². The summed E-state index contributed by atoms with van der Waals surface area (Å²) in [6, 6.07) is 11.2. The van der Waals surface area contributed by atoms with Gasteiger partial charge in [-0.25, -0.2) is 4.79 Å². The van der Waals surface area contributed by atoms with Crippen molar-refractivity contribution in [3.05, 3.63) is 58.1 Å². The maximum Gasteiger partial charge on any atom is 0.337 e. The van der Waals surface area contributed by atoms with Gasteiger partial charge >= 0.3 is 5.97 Å². The van der Waals surface area contributed by atoms with Crippen LogP contribution in [0.3, 0.4) is 0 Å². The molecule has 0 spiro atoms. The number of nitrogens with one attached hydrogen (secondary N) is 2. The molecule has 2 rings (SSSR count). The minimum absolute atomic E-state index is 0.0178. The van der Waals surface area contributed by atoms with E-state index in [1.165, 1.54) is 13.2 Å². The number of carbonyl (C=O) groups excluding carboxylic acids is 1. The van der Waals surface area contributed by atoms with Gasteiger partial charge < -0.3 is 15.2 Å². The van der Waals surface area contributed by atoms with E-state index in [4.69, 9.17) is 22.1 Å². The first-order valence-electron chi connectivity index (χ1n) is 6.70. The van der Waals surface area contributed by atoms with Crippen LogP contribution in [0.5, 0.6) is 5.75 Å². The monoisotopic (exact) mass is 408 g/mol. The van der Waals surface area contributed by atoms with Gasteiger partial charge in [0.1, 0.15) is 5.75 Å². The van der Waals surface area contributed by atoms with Crippen molar-refractivity contribution in [3.63, 3.8) is 0 Å². The number of carboxylic acid groups (broad SMARTS) is 1. The average molecular weight is 409 g/mol. The Hall–Kier alpha value is -2.45. The number of methoxy groups -OCH3 is 1. The van der Waals surface area contributed by atoms with E-state index in [1.54, 1.807) is 36.4 Å². The molecule has 2 aromatic carbocycles. The molecule has 0 bridgehead atoms. The number of hydrogen-bond donors (Lipinski definition) is 3. The molecule has 0 unspecified atom stereocenters. The predicted molar refractivity (Wildman–Crippen MR) is 97.8 cm³/mol. The summed E-state index contributed by atoms with van der Waals surface area (Å²) in [6.45, 7) is 0. The summed E-state index contributed by atoms with van der Waals surface area (Å²) < 4.78 is 5.86. The molecule has 0 aliphatic heterocycles. The fraction of sp³-hybridized carbons (Fsp3) is 0.0625. The lowest BCUT2D eigenvalue weighted by Crippen LogP contribution is -2.34. The van der Waals surface area contributed by atoms with Crippen LogP contribution < -0.4 is 15.4 Å². The van der Waals surface area contributed by atoms with E-state index in [2.05, 4.69) is 26.6 Å². The second kappa shape index (κ2) is 7.89. The molecule has 0 saturated carbocycles. The summed E-state index contributed by atoms with van der Waals surface area (Å²) in [5.74, 6) is -1.18. The molecule has 0 radical (unpaired) electrons. The van der Waals surface area contributed by atoms with Crippen LogP contribution in [-0.2, 0) is 0 Å². The van der Waals surface area contributed by atoms with Gasteiger partial charge in [0, 0.05) is 4.47 Å². The molecule has 8 heteroatoms. The zero-order chi connectivity index (χ0) is 17.7. The van der Waals surface area contributed by atoms with Crippen LogP contribution >= 0.6 is 28.1 Å². The summed E-state index contributed by atoms with van der Waals surface area (Å²) in [7, 11) is 1.46. The maximum atomic E-state index is 12.3. The second-order valence-corrected chi connectivity index (χ2v) is 5.93. The van der Waals surface area contributed by atoms with Crippen LogP contribution in [0.2, 0.25) is 0 Å². The third kappa shape index (κ3) is 4.30. The Morgan fingerprint density at radius 1 is 1.17 bits per heavy atom. The highest BCUT2D eigenvalue weighted by atomic mass is 79.9. The van der Waals surface area contributed by atoms with Crippen LogP contribution in [0, 0.1) is 0 Å². The topological polar surface area (TPSA) is 87.7 Å². The van der Waals surface area contributed by atoms with Crippen LogP contribution in [0.25, 0.3) is 0 Å². The van der Waals surface area contributed by atoms with Gasteiger partial charge in [-0.1, -0.05) is 28.1 Å². The highest BCUT2D eigenvalue weighted by Gasteiger charge is 2.15. The molecule has 0 fully saturated rings. The van der Waals surface area contributed by atoms with Gasteiger partial charge in [0.2, 0.25) is 0 Å². The predicted octanol–water partition coefficient (Wildman–Crippen LogP) is 3.28. The van der Waals surface area contributed by atoms with Gasteiger partial charge in [-0.05, 0) is 42.5 Å². The second-order valence-electron chi connectivity index (χ2n) is 4.60. The molecule has 1 amide bonds. The van der Waals surface area contributed by atoms with Crippen LogP contribution in [0.1, 0.15) is 20.7 Å². The fourth-order valence-electron chi connectivity index (χ4n) is 1.96. The normalized spacial score (nSPS) is 9.92. The van der Waals surface area contributed by atoms with Crippen molar-refractivity contribution in [2.75, 3.05) is 12.4 Å². The van der Waals surface area contributed by atoms with Gasteiger partial charge in [0.25, 0.3) is 5.91 Å². The summed E-state index contributed by atoms with van der Waals surface area (Å²) in [5, 5.41) is 14.3. The number of amides is 1. The molecular weight excluding hydrogens is 396 g/mol. The summed E-state index contributed by atoms with van der Waals surface area (Å²) >= 11 is 8.37. The molecular formula is C16H13BrN2O4S. The molecule has 124 valence electrons. The largest absolute Gasteiger partial charge is 0.496 e. The molecule has 0 aliphatic rings. The summed E-state index contributed by atoms with van der Waals surface area (Å²) in [4.78, 5) is 23.5. The molecule has 0 aromatic heterocycles. The lowest BCUT2D eigenvalue weighted by Gasteiger charge is -2.13. The van der Waals surface area contributed by atoms with Crippen molar-refractivity contribution >= 4 is 50.8 Å². The van der Waals surface area contributed by atoms with Crippen molar-refractivity contribution in [1.82, 2.24) is 5.32 Å². The van der Waals surface area contributed by atoms with E-state index in [1.807, 2.05) is 0 Å². The van der Waals surface area contributed by atoms with Crippen molar-refractivity contribution in [2.45, 2.75) is 0 Å². The number of ether oxygens (including phenoxy) is 1. The number of carbonyl (C=O) groups is 2. The molecule has 3 N–H and O–H groups in total. The molecule has 2 aromatic rings. The summed E-state index contributed by atoms with van der Waals surface area (Å²) in [6.07, 6.45) is 0. The molecule has 0 atom stereocenters. The first-order valence-corrected chi connectivity index (χ1v) is 7.90. The van der Waals surface area contributed by atoms with Gasteiger partial charge in [0.15, 0.2) is 5.11 Å². The zero-order valence-corrected chi connectivity index (χ0v) is 14.9. The Morgan fingerprint density at radius 2 is 1.88 bits per heavy atom. The number of aromatic carboxylic acids is 1. The van der Waals surface area contributed by atoms with Crippen molar-refractivity contribution in [3.8, 4) is 5.75 Å². The number of thiocarbonyl (C=S) groups is 1. The van der Waals surface area contributed by atoms with Gasteiger partial charge in [-0.15, -0.1) is 0 Å². The number of hydrogen-bond acceptors (Lipinski definition) is 4. The molecule has 0 saturated heterocycles. The standard InChI is InChI=1S/C16H13BrN2O4S/c1-23-13-7-6-9(17)8-11(13)14(20)19-16(24)18-12-5-3-2-4-10(12)15(21)22/h2-8H,1H3,(H,21,22)(H2,18,19,20,24). The number of para-hydroxylation sites is 1. The van der Waals surface area contributed by atoms with Crippen molar-refractivity contribution in [1.29, 1.82) is 0 Å². The van der Waals surface area contributed by atoms with E-state index >= 15 is 0 Å². The van der Waals surface area contributed by atoms with Crippen molar-refractivity contribution < 1.29 is 19.4 Å². The van der Waals surface area contributed by atoms with Crippen LogP contribution in [-0.4, -0.2) is 29.2 Å². The number of benzene rings is 2. The van der Waals surface area contributed by atoms with E-state index < -0.39 is 11.9 Å². The average Bonchev–Trinajstić information content (AvgIpc) is 2.54. The maximum absolute atomic E-state index is 12.3. The van der Waals surface area contributed by atoms with E-state index in [-0.39, 0.29) is 16.4 Å². The van der Waals surface area contributed by atoms with Gasteiger partial charge in [-0.3, -0.25) is 10.1 Å². The number of rotatable bonds is 4. The van der Waals surface area contributed by atoms with Gasteiger partial charge in [0.05, 0.1) is 23.9 Å². The first-order chi connectivity index (χ1) is 11.4. The van der Waals surface area contributed by atoms with Gasteiger partial charge in [-0.2, -0.15) is 0 Å². The number of halogens is 1. The highest BCUT2D eigenvalue weighted by molar-refractivity contribution is 9.10. The fourth-order valence-corrected chi connectivity index (χ4v) is 2.52. The van der Waals surface area contributed by atoms with E-state index in [0.717, 1.165) is 0 Å². The van der Waals surface area contributed by atoms with Crippen LogP contribution in [0.15, 0.2) is 46.9 Å². The smallest absolute Gasteiger partial charge is 0.337 e. The lowest BCUT2D eigenvalue weighted by molar-refractivity contribution is 0.0698. The van der Waals surface area contributed by atoms with E-state index in [9.17, 15) is 9.59 Å². The lowest BCUT2D eigenvalue weighted by atomic mass is 10.2. The Bertz CT molecular complexity index is 810. The number of anilines is 1. The van der Waals surface area contributed by atoms with E-state index in [0.29, 0.717) is 15.8 Å². The Kier molecular flexibility index (Phi) is 5.88. The number of carboxylic acids is 1. The molecule has 24 heavy (non-hydrogen) atoms. The third-order valence-electron chi connectivity index (χ3n) is 3.04. The Labute approximate surface area is 152 Å². The molecule has 6 nitrogen and oxygen atoms in total. The Balaban J connectivity index is 2.15. The SMILES string of the molecule is COc1ccc(Br)cc1C(=O)NC(=S)Nc1ccccc1C(=O)O. The minimum Gasteiger partial charge on any atom is -0.496 e. The quantitative estimate of drug-likeness (QED) is 0.672. The Morgan fingerprint density at radius 3 is 2.54 bits per heavy atom. The minimum atomic E-state index is -1.10.